The van der Waals surface area contributed by atoms with Crippen LogP contribution in [-0.4, -0.2) is 55.6 Å². The first-order valence-electron chi connectivity index (χ1n) is 9.41. The molecule has 2 heterocycles. The number of carbonyl (C=O) groups is 2. The number of carbonyl (C=O) groups excluding carboxylic acids is 2. The quantitative estimate of drug-likeness (QED) is 0.909. The molecule has 3 amide bonds. The molecule has 0 bridgehead atoms. The minimum Gasteiger partial charge on any atom is -0.368 e. The van der Waals surface area contributed by atoms with Crippen molar-refractivity contribution in [3.63, 3.8) is 0 Å². The molecule has 0 saturated carbocycles. The number of rotatable bonds is 3. The Balaban J connectivity index is 1.30. The van der Waals surface area contributed by atoms with Gasteiger partial charge in [0.15, 0.2) is 0 Å². The van der Waals surface area contributed by atoms with Gasteiger partial charge in [0.1, 0.15) is 0 Å². The second-order valence-electron chi connectivity index (χ2n) is 7.00. The van der Waals surface area contributed by atoms with Gasteiger partial charge in [0.25, 0.3) is 0 Å². The predicted molar refractivity (Wildman–Crippen MR) is 106 cm³/mol. The molecule has 2 aromatic rings. The van der Waals surface area contributed by atoms with Crippen molar-refractivity contribution in [2.45, 2.75) is 12.5 Å². The lowest BCUT2D eigenvalue weighted by Crippen LogP contribution is -2.53. The van der Waals surface area contributed by atoms with E-state index >= 15 is 0 Å². The van der Waals surface area contributed by atoms with Gasteiger partial charge in [0.05, 0.1) is 6.04 Å². The van der Waals surface area contributed by atoms with Gasteiger partial charge in [-0.05, 0) is 24.3 Å². The Bertz CT molecular complexity index is 788. The summed E-state index contributed by atoms with van der Waals surface area (Å²) in [6.45, 7) is 3.53. The SMILES string of the molecule is O=C(N[C@H]1CC(=O)N(c2ccccc2)C1)N1CCN(c2ccccc2)CC1. The molecule has 2 fully saturated rings. The molecule has 0 aromatic heterocycles. The first-order chi connectivity index (χ1) is 13.2. The van der Waals surface area contributed by atoms with Crippen LogP contribution >= 0.6 is 0 Å². The minimum absolute atomic E-state index is 0.0559. The van der Waals surface area contributed by atoms with E-state index in [0.29, 0.717) is 26.1 Å². The number of piperazine rings is 1. The Morgan fingerprint density at radius 3 is 2.07 bits per heavy atom. The maximum absolute atomic E-state index is 12.6. The van der Waals surface area contributed by atoms with Gasteiger partial charge in [-0.2, -0.15) is 0 Å². The van der Waals surface area contributed by atoms with Crippen molar-refractivity contribution in [1.29, 1.82) is 0 Å². The molecule has 0 spiro atoms. The van der Waals surface area contributed by atoms with Crippen LogP contribution in [0.1, 0.15) is 6.42 Å². The molecule has 140 valence electrons. The lowest BCUT2D eigenvalue weighted by Gasteiger charge is -2.36. The highest BCUT2D eigenvalue weighted by molar-refractivity contribution is 5.96. The summed E-state index contributed by atoms with van der Waals surface area (Å²) in [5.41, 5.74) is 2.08. The Morgan fingerprint density at radius 1 is 0.852 bits per heavy atom. The summed E-state index contributed by atoms with van der Waals surface area (Å²) in [6.07, 6.45) is 0.352. The Hall–Kier alpha value is -3.02. The van der Waals surface area contributed by atoms with E-state index in [9.17, 15) is 9.59 Å². The molecule has 6 heteroatoms. The summed E-state index contributed by atoms with van der Waals surface area (Å²) in [5, 5.41) is 3.04. The molecule has 1 N–H and O–H groups in total. The molecule has 27 heavy (non-hydrogen) atoms. The lowest BCUT2D eigenvalue weighted by molar-refractivity contribution is -0.117. The zero-order valence-electron chi connectivity index (χ0n) is 15.3. The van der Waals surface area contributed by atoms with Crippen molar-refractivity contribution in [2.24, 2.45) is 0 Å². The van der Waals surface area contributed by atoms with Crippen LogP contribution in [0.25, 0.3) is 0 Å². The van der Waals surface area contributed by atoms with E-state index in [-0.39, 0.29) is 18.0 Å². The maximum atomic E-state index is 12.6. The lowest BCUT2D eigenvalue weighted by atomic mass is 10.2. The molecule has 1 atom stereocenters. The van der Waals surface area contributed by atoms with Crippen LogP contribution in [-0.2, 0) is 4.79 Å². The van der Waals surface area contributed by atoms with E-state index in [2.05, 4.69) is 22.3 Å². The predicted octanol–water partition coefficient (Wildman–Crippen LogP) is 2.32. The largest absolute Gasteiger partial charge is 0.368 e. The molecule has 4 rings (SSSR count). The van der Waals surface area contributed by atoms with E-state index in [1.54, 1.807) is 4.90 Å². The van der Waals surface area contributed by atoms with Gasteiger partial charge in [0, 0.05) is 50.5 Å². The Labute approximate surface area is 159 Å². The molecular weight excluding hydrogens is 340 g/mol. The number of urea groups is 1. The number of nitrogens with one attached hydrogen (secondary N) is 1. The molecule has 2 aromatic carbocycles. The summed E-state index contributed by atoms with van der Waals surface area (Å²) in [6, 6.07) is 19.7. The van der Waals surface area contributed by atoms with Crippen LogP contribution in [0.15, 0.2) is 60.7 Å². The topological polar surface area (TPSA) is 55.9 Å². The van der Waals surface area contributed by atoms with Gasteiger partial charge >= 0.3 is 6.03 Å². The van der Waals surface area contributed by atoms with E-state index < -0.39 is 0 Å². The first-order valence-corrected chi connectivity index (χ1v) is 9.41. The number of benzene rings is 2. The van der Waals surface area contributed by atoms with Gasteiger partial charge in [-0.25, -0.2) is 4.79 Å². The fourth-order valence-electron chi connectivity index (χ4n) is 3.73. The number of amides is 3. The summed E-state index contributed by atoms with van der Waals surface area (Å²) in [4.78, 5) is 30.8. The number of anilines is 2. The van der Waals surface area contributed by atoms with Crippen molar-refractivity contribution in [3.05, 3.63) is 60.7 Å². The standard InChI is InChI=1S/C21H24N4O2/c26-20-15-17(16-25(20)19-9-5-2-6-10-19)22-21(27)24-13-11-23(12-14-24)18-7-3-1-4-8-18/h1-10,17H,11-16H2,(H,22,27)/t17-/m0/s1. The van der Waals surface area contributed by atoms with Crippen molar-refractivity contribution in [3.8, 4) is 0 Å². The van der Waals surface area contributed by atoms with Crippen LogP contribution < -0.4 is 15.1 Å². The van der Waals surface area contributed by atoms with Gasteiger partial charge < -0.3 is 20.0 Å². The third-order valence-electron chi connectivity index (χ3n) is 5.21. The second kappa shape index (κ2) is 7.70. The monoisotopic (exact) mass is 364 g/mol. The molecule has 2 saturated heterocycles. The molecule has 2 aliphatic heterocycles. The van der Waals surface area contributed by atoms with Crippen molar-refractivity contribution in [2.75, 3.05) is 42.5 Å². The molecular formula is C21H24N4O2. The number of nitrogens with zero attached hydrogens (tertiary/aromatic N) is 3. The number of hydrogen-bond acceptors (Lipinski definition) is 3. The van der Waals surface area contributed by atoms with Crippen LogP contribution in [0.4, 0.5) is 16.2 Å². The third-order valence-corrected chi connectivity index (χ3v) is 5.21. The minimum atomic E-state index is -0.141. The first kappa shape index (κ1) is 17.4. The normalized spacial score (nSPS) is 20.1. The summed E-state index contributed by atoms with van der Waals surface area (Å²) >= 11 is 0. The molecule has 0 radical (unpaired) electrons. The second-order valence-corrected chi connectivity index (χ2v) is 7.00. The molecule has 6 nitrogen and oxygen atoms in total. The smallest absolute Gasteiger partial charge is 0.317 e. The van der Waals surface area contributed by atoms with Gasteiger partial charge in [-0.3, -0.25) is 4.79 Å². The summed E-state index contributed by atoms with van der Waals surface area (Å²) in [7, 11) is 0. The molecule has 0 aliphatic carbocycles. The number of hydrogen-bond donors (Lipinski definition) is 1. The van der Waals surface area contributed by atoms with Gasteiger partial charge in [-0.1, -0.05) is 36.4 Å². The zero-order chi connectivity index (χ0) is 18.6. The van der Waals surface area contributed by atoms with E-state index in [4.69, 9.17) is 0 Å². The van der Waals surface area contributed by atoms with Crippen LogP contribution in [0.3, 0.4) is 0 Å². The highest BCUT2D eigenvalue weighted by Gasteiger charge is 2.33. The van der Waals surface area contributed by atoms with Crippen LogP contribution in [0.5, 0.6) is 0 Å². The van der Waals surface area contributed by atoms with Gasteiger partial charge in [-0.15, -0.1) is 0 Å². The zero-order valence-corrected chi connectivity index (χ0v) is 15.3. The van der Waals surface area contributed by atoms with E-state index in [1.165, 1.54) is 5.69 Å². The summed E-state index contributed by atoms with van der Waals surface area (Å²) in [5.74, 6) is 0.0559. The van der Waals surface area contributed by atoms with E-state index in [1.807, 2.05) is 53.4 Å². The number of para-hydroxylation sites is 2. The Morgan fingerprint density at radius 2 is 1.44 bits per heavy atom. The highest BCUT2D eigenvalue weighted by atomic mass is 16.2. The average Bonchev–Trinajstić information content (AvgIpc) is 3.09. The molecule has 2 aliphatic rings. The average molecular weight is 364 g/mol. The fraction of sp³-hybridized carbons (Fsp3) is 0.333. The summed E-state index contributed by atoms with van der Waals surface area (Å²) < 4.78 is 0. The highest BCUT2D eigenvalue weighted by Crippen LogP contribution is 2.21. The molecule has 0 unspecified atom stereocenters. The maximum Gasteiger partial charge on any atom is 0.317 e. The van der Waals surface area contributed by atoms with Crippen LogP contribution in [0, 0.1) is 0 Å². The van der Waals surface area contributed by atoms with Crippen molar-refractivity contribution >= 4 is 23.3 Å². The fourth-order valence-corrected chi connectivity index (χ4v) is 3.73. The van der Waals surface area contributed by atoms with Crippen molar-refractivity contribution < 1.29 is 9.59 Å². The van der Waals surface area contributed by atoms with Crippen molar-refractivity contribution in [1.82, 2.24) is 10.2 Å². The Kier molecular flexibility index (Phi) is 4.96. The van der Waals surface area contributed by atoms with E-state index in [0.717, 1.165) is 18.8 Å². The van der Waals surface area contributed by atoms with Gasteiger partial charge in [0.2, 0.25) is 5.91 Å². The third kappa shape index (κ3) is 3.89. The van der Waals surface area contributed by atoms with Crippen LogP contribution in [0.2, 0.25) is 0 Å².